The van der Waals surface area contributed by atoms with Gasteiger partial charge in [-0.1, -0.05) is 17.7 Å². The topological polar surface area (TPSA) is 80.3 Å². The third kappa shape index (κ3) is 2.94. The second-order valence-electron chi connectivity index (χ2n) is 5.57. The SMILES string of the molecule is Cc1cc(S(=O)(=O)Nc2ccc3c(c2)S(=O)(=O)C=C3)c(C)cc1Cl. The lowest BCUT2D eigenvalue weighted by Crippen LogP contribution is -2.15. The van der Waals surface area contributed by atoms with E-state index < -0.39 is 19.9 Å². The normalized spacial score (nSPS) is 15.3. The minimum atomic E-state index is -3.86. The van der Waals surface area contributed by atoms with Crippen LogP contribution in [-0.2, 0) is 19.9 Å². The molecule has 8 heteroatoms. The number of hydrogen-bond donors (Lipinski definition) is 1. The minimum absolute atomic E-state index is 0.0895. The van der Waals surface area contributed by atoms with Crippen LogP contribution >= 0.6 is 11.6 Å². The van der Waals surface area contributed by atoms with Crippen LogP contribution in [0, 0.1) is 13.8 Å². The van der Waals surface area contributed by atoms with Crippen LogP contribution in [0.1, 0.15) is 16.7 Å². The molecule has 0 amide bonds. The summed E-state index contributed by atoms with van der Waals surface area (Å²) < 4.78 is 51.5. The van der Waals surface area contributed by atoms with Crippen LogP contribution in [0.3, 0.4) is 0 Å². The fraction of sp³-hybridized carbons (Fsp3) is 0.125. The maximum atomic E-state index is 12.6. The summed E-state index contributed by atoms with van der Waals surface area (Å²) >= 11 is 6.00. The molecule has 24 heavy (non-hydrogen) atoms. The van der Waals surface area contributed by atoms with Crippen molar-refractivity contribution < 1.29 is 16.8 Å². The van der Waals surface area contributed by atoms with Crippen LogP contribution in [0.25, 0.3) is 6.08 Å². The molecule has 0 aromatic heterocycles. The summed E-state index contributed by atoms with van der Waals surface area (Å²) in [7, 11) is -7.36. The molecule has 0 atom stereocenters. The molecule has 0 spiro atoms. The van der Waals surface area contributed by atoms with Gasteiger partial charge in [0.25, 0.3) is 10.0 Å². The third-order valence-electron chi connectivity index (χ3n) is 3.74. The molecule has 2 aromatic rings. The van der Waals surface area contributed by atoms with Crippen molar-refractivity contribution in [1.29, 1.82) is 0 Å². The molecule has 0 saturated heterocycles. The largest absolute Gasteiger partial charge is 0.280 e. The monoisotopic (exact) mass is 383 g/mol. The van der Waals surface area contributed by atoms with Gasteiger partial charge < -0.3 is 0 Å². The number of sulfonamides is 1. The Kier molecular flexibility index (Phi) is 3.98. The number of benzene rings is 2. The van der Waals surface area contributed by atoms with E-state index in [4.69, 9.17) is 11.6 Å². The van der Waals surface area contributed by atoms with Gasteiger partial charge in [-0.25, -0.2) is 16.8 Å². The predicted octanol–water partition coefficient (Wildman–Crippen LogP) is 3.52. The molecule has 2 aromatic carbocycles. The highest BCUT2D eigenvalue weighted by Gasteiger charge is 2.23. The van der Waals surface area contributed by atoms with Crippen LogP contribution in [-0.4, -0.2) is 16.8 Å². The van der Waals surface area contributed by atoms with Gasteiger partial charge in [-0.3, -0.25) is 4.72 Å². The summed E-state index contributed by atoms with van der Waals surface area (Å²) in [6.07, 6.45) is 1.48. The number of fused-ring (bicyclic) bond motifs is 1. The Morgan fingerprint density at radius 1 is 1.04 bits per heavy atom. The number of nitrogens with one attached hydrogen (secondary N) is 1. The molecule has 0 saturated carbocycles. The van der Waals surface area contributed by atoms with Gasteiger partial charge in [-0.2, -0.15) is 0 Å². The Morgan fingerprint density at radius 2 is 1.75 bits per heavy atom. The van der Waals surface area contributed by atoms with Crippen molar-refractivity contribution in [3.05, 3.63) is 57.5 Å². The van der Waals surface area contributed by atoms with Crippen molar-refractivity contribution in [1.82, 2.24) is 0 Å². The summed E-state index contributed by atoms with van der Waals surface area (Å²) in [6, 6.07) is 7.49. The van der Waals surface area contributed by atoms with Crippen LogP contribution in [0.4, 0.5) is 5.69 Å². The smallest absolute Gasteiger partial charge is 0.262 e. The van der Waals surface area contributed by atoms with Crippen molar-refractivity contribution in [2.75, 3.05) is 4.72 Å². The van der Waals surface area contributed by atoms with Crippen LogP contribution in [0.5, 0.6) is 0 Å². The van der Waals surface area contributed by atoms with Gasteiger partial charge >= 0.3 is 0 Å². The Morgan fingerprint density at radius 3 is 2.46 bits per heavy atom. The molecule has 126 valence electrons. The third-order valence-corrected chi connectivity index (χ3v) is 7.14. The minimum Gasteiger partial charge on any atom is -0.280 e. The van der Waals surface area contributed by atoms with Crippen molar-refractivity contribution in [3.8, 4) is 0 Å². The van der Waals surface area contributed by atoms with Gasteiger partial charge in [-0.15, -0.1) is 0 Å². The van der Waals surface area contributed by atoms with E-state index in [-0.39, 0.29) is 15.5 Å². The zero-order chi connectivity index (χ0) is 17.7. The van der Waals surface area contributed by atoms with E-state index in [0.29, 0.717) is 21.7 Å². The summed E-state index contributed by atoms with van der Waals surface area (Å²) in [5.74, 6) is 0. The van der Waals surface area contributed by atoms with Gasteiger partial charge in [0.15, 0.2) is 0 Å². The van der Waals surface area contributed by atoms with Crippen LogP contribution in [0.15, 0.2) is 45.5 Å². The first kappa shape index (κ1) is 17.0. The van der Waals surface area contributed by atoms with Crippen LogP contribution < -0.4 is 4.72 Å². The molecule has 0 fully saturated rings. The fourth-order valence-electron chi connectivity index (χ4n) is 2.47. The number of sulfone groups is 1. The number of rotatable bonds is 3. The molecule has 3 rings (SSSR count). The van der Waals surface area contributed by atoms with E-state index in [0.717, 1.165) is 5.41 Å². The molecular formula is C16H14ClNO4S2. The Hall–Kier alpha value is -1.83. The lowest BCUT2D eigenvalue weighted by atomic mass is 10.2. The number of hydrogen-bond acceptors (Lipinski definition) is 4. The van der Waals surface area contributed by atoms with E-state index in [1.54, 1.807) is 26.0 Å². The van der Waals surface area contributed by atoms with Crippen LogP contribution in [0.2, 0.25) is 5.02 Å². The molecular weight excluding hydrogens is 370 g/mol. The van der Waals surface area contributed by atoms with Gasteiger partial charge in [0, 0.05) is 10.4 Å². The molecule has 0 aliphatic carbocycles. The maximum Gasteiger partial charge on any atom is 0.262 e. The highest BCUT2D eigenvalue weighted by atomic mass is 35.5. The molecule has 0 unspecified atom stereocenters. The van der Waals surface area contributed by atoms with Crippen molar-refractivity contribution in [3.63, 3.8) is 0 Å². The second kappa shape index (κ2) is 5.61. The first-order valence-corrected chi connectivity index (χ1v) is 10.4. The lowest BCUT2D eigenvalue weighted by molar-refractivity contribution is 0.599. The molecule has 1 N–H and O–H groups in total. The molecule has 1 aliphatic rings. The van der Waals surface area contributed by atoms with Crippen molar-refractivity contribution in [2.45, 2.75) is 23.6 Å². The zero-order valence-electron chi connectivity index (χ0n) is 12.9. The first-order valence-electron chi connectivity index (χ1n) is 6.97. The highest BCUT2D eigenvalue weighted by molar-refractivity contribution is 7.95. The Labute approximate surface area is 145 Å². The number of halogens is 1. The highest BCUT2D eigenvalue weighted by Crippen LogP contribution is 2.31. The van der Waals surface area contributed by atoms with Gasteiger partial charge in [0.1, 0.15) is 0 Å². The molecule has 1 heterocycles. The van der Waals surface area contributed by atoms with Crippen molar-refractivity contribution >= 4 is 43.2 Å². The number of anilines is 1. The summed E-state index contributed by atoms with van der Waals surface area (Å²) in [4.78, 5) is 0.192. The molecule has 1 aliphatic heterocycles. The maximum absolute atomic E-state index is 12.6. The predicted molar refractivity (Wildman–Crippen MR) is 94.4 cm³/mol. The molecule has 0 radical (unpaired) electrons. The zero-order valence-corrected chi connectivity index (χ0v) is 15.3. The van der Waals surface area contributed by atoms with E-state index in [1.807, 2.05) is 0 Å². The summed E-state index contributed by atoms with van der Waals surface area (Å²) in [6.45, 7) is 3.37. The second-order valence-corrected chi connectivity index (χ2v) is 9.43. The van der Waals surface area contributed by atoms with E-state index >= 15 is 0 Å². The summed E-state index contributed by atoms with van der Waals surface area (Å²) in [5.41, 5.74) is 1.88. The quantitative estimate of drug-likeness (QED) is 0.879. The van der Waals surface area contributed by atoms with E-state index in [2.05, 4.69) is 4.72 Å². The average molecular weight is 384 g/mol. The van der Waals surface area contributed by atoms with Gasteiger partial charge in [0.05, 0.1) is 15.5 Å². The van der Waals surface area contributed by atoms with Gasteiger partial charge in [-0.05, 0) is 60.9 Å². The molecule has 5 nitrogen and oxygen atoms in total. The molecule has 0 bridgehead atoms. The Balaban J connectivity index is 2.02. The summed E-state index contributed by atoms with van der Waals surface area (Å²) in [5, 5.41) is 1.59. The average Bonchev–Trinajstić information content (AvgIpc) is 2.78. The fourth-order valence-corrected chi connectivity index (χ4v) is 5.28. The van der Waals surface area contributed by atoms with E-state index in [9.17, 15) is 16.8 Å². The lowest BCUT2D eigenvalue weighted by Gasteiger charge is -2.13. The van der Waals surface area contributed by atoms with Crippen molar-refractivity contribution in [2.24, 2.45) is 0 Å². The van der Waals surface area contributed by atoms with E-state index in [1.165, 1.54) is 24.3 Å². The van der Waals surface area contributed by atoms with Gasteiger partial charge in [0.2, 0.25) is 9.84 Å². The first-order chi connectivity index (χ1) is 11.1. The number of aryl methyl sites for hydroxylation is 2. The Bertz CT molecular complexity index is 1090. The standard InChI is InChI=1S/C16H14ClNO4S2/c1-10-8-15(11(2)7-14(10)17)24(21,22)18-13-4-3-12-5-6-23(19,20)16(12)9-13/h3-9,18H,1-2H3.